The number of ether oxygens (including phenoxy) is 1. The van der Waals surface area contributed by atoms with Gasteiger partial charge in [-0.2, -0.15) is 18.4 Å². The number of rotatable bonds is 9. The van der Waals surface area contributed by atoms with Gasteiger partial charge in [0.2, 0.25) is 0 Å². The Morgan fingerprint density at radius 2 is 2.03 bits per heavy atom. The summed E-state index contributed by atoms with van der Waals surface area (Å²) in [7, 11) is 0. The van der Waals surface area contributed by atoms with Crippen LogP contribution in [-0.4, -0.2) is 33.9 Å². The second-order valence-electron chi connectivity index (χ2n) is 9.44. The van der Waals surface area contributed by atoms with E-state index in [1.165, 1.54) is 6.07 Å². The van der Waals surface area contributed by atoms with Gasteiger partial charge in [-0.15, -0.1) is 0 Å². The van der Waals surface area contributed by atoms with Crippen molar-refractivity contribution in [2.75, 3.05) is 18.1 Å². The normalized spacial score (nSPS) is 19.9. The Morgan fingerprint density at radius 3 is 2.73 bits per heavy atom. The van der Waals surface area contributed by atoms with Crippen molar-refractivity contribution in [3.05, 3.63) is 83.4 Å². The standard InChI is InChI=1S/C28H31F3N4O2/c1-2-35(23-11-10-22(17-32)25(15-23)28(29,30)31)24-9-6-12-27(36,16-24)26-18-34(20-33-26)13-14-37-19-21-7-4-3-5-8-21/h3-5,7-8,10-11,15,18,20,24,36H,2,6,9,12-14,16,19H2,1H3. The molecule has 2 atom stereocenters. The predicted octanol–water partition coefficient (Wildman–Crippen LogP) is 5.65. The molecule has 6 nitrogen and oxygen atoms in total. The summed E-state index contributed by atoms with van der Waals surface area (Å²) in [5.74, 6) is 0. The van der Waals surface area contributed by atoms with Crippen LogP contribution in [0.5, 0.6) is 0 Å². The van der Waals surface area contributed by atoms with Crippen molar-refractivity contribution in [2.45, 2.75) is 63.6 Å². The lowest BCUT2D eigenvalue weighted by atomic mass is 9.79. The zero-order valence-electron chi connectivity index (χ0n) is 20.8. The Bertz CT molecular complexity index is 1220. The van der Waals surface area contributed by atoms with Crippen LogP contribution in [0.3, 0.4) is 0 Å². The quantitative estimate of drug-likeness (QED) is 0.375. The molecule has 1 saturated carbocycles. The minimum atomic E-state index is -4.62. The molecule has 1 N–H and O–H groups in total. The molecule has 1 heterocycles. The second kappa shape index (κ2) is 11.4. The zero-order chi connectivity index (χ0) is 26.5. The molecule has 1 aliphatic rings. The smallest absolute Gasteiger partial charge is 0.383 e. The fourth-order valence-corrected chi connectivity index (χ4v) is 5.07. The van der Waals surface area contributed by atoms with Crippen LogP contribution in [0.2, 0.25) is 0 Å². The van der Waals surface area contributed by atoms with E-state index in [4.69, 9.17) is 10.00 Å². The van der Waals surface area contributed by atoms with Crippen molar-refractivity contribution in [3.8, 4) is 6.07 Å². The number of nitrogens with zero attached hydrogens (tertiary/aromatic N) is 4. The first-order valence-corrected chi connectivity index (χ1v) is 12.5. The minimum Gasteiger partial charge on any atom is -0.383 e. The molecule has 0 bridgehead atoms. The predicted molar refractivity (Wildman–Crippen MR) is 134 cm³/mol. The Balaban J connectivity index is 1.43. The van der Waals surface area contributed by atoms with Gasteiger partial charge in [0.15, 0.2) is 0 Å². The van der Waals surface area contributed by atoms with Gasteiger partial charge in [0, 0.05) is 37.4 Å². The summed E-state index contributed by atoms with van der Waals surface area (Å²) in [5.41, 5.74) is -0.458. The van der Waals surface area contributed by atoms with E-state index in [1.807, 2.05) is 52.9 Å². The van der Waals surface area contributed by atoms with Gasteiger partial charge in [0.05, 0.1) is 42.4 Å². The minimum absolute atomic E-state index is 0.169. The van der Waals surface area contributed by atoms with Gasteiger partial charge in [-0.3, -0.25) is 0 Å². The van der Waals surface area contributed by atoms with Crippen LogP contribution >= 0.6 is 0 Å². The number of alkyl halides is 3. The van der Waals surface area contributed by atoms with Gasteiger partial charge in [0.1, 0.15) is 5.60 Å². The molecule has 3 aromatic rings. The molecule has 0 amide bonds. The SMILES string of the molecule is CCN(c1ccc(C#N)c(C(F)(F)F)c1)C1CCCC(O)(c2cn(CCOCc3ccccc3)cn2)C1. The maximum atomic E-state index is 13.5. The summed E-state index contributed by atoms with van der Waals surface area (Å²) in [6.45, 7) is 3.95. The third-order valence-corrected chi connectivity index (χ3v) is 6.96. The third-order valence-electron chi connectivity index (χ3n) is 6.96. The largest absolute Gasteiger partial charge is 0.417 e. The lowest BCUT2D eigenvalue weighted by Crippen LogP contribution is -2.45. The molecular formula is C28H31F3N4O2. The summed E-state index contributed by atoms with van der Waals surface area (Å²) in [6, 6.07) is 15.2. The molecule has 196 valence electrons. The molecule has 1 aliphatic carbocycles. The maximum Gasteiger partial charge on any atom is 0.417 e. The Hall–Kier alpha value is -3.35. The molecule has 0 saturated heterocycles. The Labute approximate surface area is 214 Å². The lowest BCUT2D eigenvalue weighted by molar-refractivity contribution is -0.137. The molecule has 0 spiro atoms. The molecule has 0 aliphatic heterocycles. The first-order chi connectivity index (χ1) is 17.7. The van der Waals surface area contributed by atoms with Gasteiger partial charge in [0.25, 0.3) is 0 Å². The highest BCUT2D eigenvalue weighted by Gasteiger charge is 2.40. The van der Waals surface area contributed by atoms with E-state index in [1.54, 1.807) is 18.5 Å². The van der Waals surface area contributed by atoms with Crippen LogP contribution in [0, 0.1) is 11.3 Å². The van der Waals surface area contributed by atoms with Gasteiger partial charge in [-0.1, -0.05) is 30.3 Å². The summed E-state index contributed by atoms with van der Waals surface area (Å²) < 4.78 is 48.3. The second-order valence-corrected chi connectivity index (χ2v) is 9.44. The van der Waals surface area contributed by atoms with Gasteiger partial charge in [-0.25, -0.2) is 4.98 Å². The molecule has 1 fully saturated rings. The average Bonchev–Trinajstić information content (AvgIpc) is 3.37. The summed E-state index contributed by atoms with van der Waals surface area (Å²) in [6.07, 6.45) is 1.22. The Morgan fingerprint density at radius 1 is 1.24 bits per heavy atom. The van der Waals surface area contributed by atoms with Crippen molar-refractivity contribution in [1.82, 2.24) is 9.55 Å². The summed E-state index contributed by atoms with van der Waals surface area (Å²) in [4.78, 5) is 6.35. The molecule has 37 heavy (non-hydrogen) atoms. The van der Waals surface area contributed by atoms with Crippen LogP contribution in [-0.2, 0) is 29.7 Å². The zero-order valence-corrected chi connectivity index (χ0v) is 20.8. The third kappa shape index (κ3) is 6.32. The van der Waals surface area contributed by atoms with Crippen molar-refractivity contribution in [2.24, 2.45) is 0 Å². The number of benzene rings is 2. The number of nitriles is 1. The maximum absolute atomic E-state index is 13.5. The average molecular weight is 513 g/mol. The van der Waals surface area contributed by atoms with Crippen LogP contribution in [0.1, 0.15) is 55.0 Å². The molecule has 4 rings (SSSR count). The van der Waals surface area contributed by atoms with Crippen LogP contribution < -0.4 is 4.90 Å². The first-order valence-electron chi connectivity index (χ1n) is 12.5. The molecule has 1 aromatic heterocycles. The molecular weight excluding hydrogens is 481 g/mol. The Kier molecular flexibility index (Phi) is 8.20. The fourth-order valence-electron chi connectivity index (χ4n) is 5.07. The van der Waals surface area contributed by atoms with E-state index in [2.05, 4.69) is 4.98 Å². The van der Waals surface area contributed by atoms with E-state index >= 15 is 0 Å². The number of hydrogen-bond donors (Lipinski definition) is 1. The van der Waals surface area contributed by atoms with Crippen molar-refractivity contribution < 1.29 is 23.0 Å². The van der Waals surface area contributed by atoms with Gasteiger partial charge in [-0.05, 0) is 49.9 Å². The van der Waals surface area contributed by atoms with Crippen molar-refractivity contribution >= 4 is 5.69 Å². The highest BCUT2D eigenvalue weighted by atomic mass is 19.4. The van der Waals surface area contributed by atoms with Gasteiger partial charge < -0.3 is 19.3 Å². The first kappa shape index (κ1) is 26.7. The molecule has 9 heteroatoms. The van der Waals surface area contributed by atoms with Crippen LogP contribution in [0.4, 0.5) is 18.9 Å². The number of imidazole rings is 1. The number of aliphatic hydroxyl groups is 1. The van der Waals surface area contributed by atoms with Crippen LogP contribution in [0.15, 0.2) is 61.1 Å². The highest BCUT2D eigenvalue weighted by Crippen LogP contribution is 2.41. The summed E-state index contributed by atoms with van der Waals surface area (Å²) >= 11 is 0. The molecule has 0 radical (unpaired) electrons. The van der Waals surface area contributed by atoms with Crippen LogP contribution in [0.25, 0.3) is 0 Å². The van der Waals surface area contributed by atoms with E-state index in [0.29, 0.717) is 56.9 Å². The highest BCUT2D eigenvalue weighted by molar-refractivity contribution is 5.55. The number of halogens is 3. The topological polar surface area (TPSA) is 74.3 Å². The van der Waals surface area contributed by atoms with E-state index in [0.717, 1.165) is 18.1 Å². The number of anilines is 1. The monoisotopic (exact) mass is 512 g/mol. The van der Waals surface area contributed by atoms with Gasteiger partial charge >= 0.3 is 6.18 Å². The molecule has 2 aromatic carbocycles. The van der Waals surface area contributed by atoms with E-state index in [-0.39, 0.29) is 6.04 Å². The van der Waals surface area contributed by atoms with E-state index < -0.39 is 22.9 Å². The summed E-state index contributed by atoms with van der Waals surface area (Å²) in [5, 5.41) is 20.7. The lowest BCUT2D eigenvalue weighted by Gasteiger charge is -2.42. The fraction of sp³-hybridized carbons (Fsp3) is 0.429. The number of aromatic nitrogens is 2. The van der Waals surface area contributed by atoms with Crippen molar-refractivity contribution in [1.29, 1.82) is 5.26 Å². The molecule has 2 unspecified atom stereocenters. The van der Waals surface area contributed by atoms with E-state index in [9.17, 15) is 18.3 Å². The number of hydrogen-bond acceptors (Lipinski definition) is 5. The van der Waals surface area contributed by atoms with Crippen molar-refractivity contribution in [3.63, 3.8) is 0 Å².